The zero-order chi connectivity index (χ0) is 20.5. The van der Waals surface area contributed by atoms with Crippen molar-refractivity contribution in [2.45, 2.75) is 29.3 Å². The van der Waals surface area contributed by atoms with Gasteiger partial charge in [0.25, 0.3) is 16.4 Å². The highest BCUT2D eigenvalue weighted by Crippen LogP contribution is 2.32. The molecule has 0 spiro atoms. The van der Waals surface area contributed by atoms with Gasteiger partial charge in [-0.25, -0.2) is 26.6 Å². The summed E-state index contributed by atoms with van der Waals surface area (Å²) >= 11 is 1.06. The molecular weight excluding hydrogens is 415 g/mol. The number of rotatable bonds is 6. The molecule has 0 radical (unpaired) electrons. The second-order valence-electron chi connectivity index (χ2n) is 6.61. The van der Waals surface area contributed by atoms with E-state index in [-0.39, 0.29) is 29.0 Å². The van der Waals surface area contributed by atoms with Crippen LogP contribution in [0.5, 0.6) is 0 Å². The summed E-state index contributed by atoms with van der Waals surface area (Å²) < 4.78 is 65.6. The predicted molar refractivity (Wildman–Crippen MR) is 100.0 cm³/mol. The van der Waals surface area contributed by atoms with Gasteiger partial charge in [-0.15, -0.1) is 11.3 Å². The number of anilines is 1. The minimum atomic E-state index is -3.64. The van der Waals surface area contributed by atoms with Gasteiger partial charge in [-0.2, -0.15) is 4.31 Å². The number of hydrogen-bond donors (Lipinski definition) is 1. The monoisotopic (exact) mass is 435 g/mol. The van der Waals surface area contributed by atoms with Crippen LogP contribution < -0.4 is 4.90 Å². The van der Waals surface area contributed by atoms with E-state index < -0.39 is 28.7 Å². The molecule has 2 aromatic rings. The number of hydrogen-bond acceptors (Lipinski definition) is 6. The second-order valence-corrected chi connectivity index (χ2v) is 9.62. The first-order valence-corrected chi connectivity index (χ1v) is 10.9. The summed E-state index contributed by atoms with van der Waals surface area (Å²) in [6.45, 7) is 1.16. The number of piperazine rings is 1. The molecule has 1 N–H and O–H groups in total. The van der Waals surface area contributed by atoms with Crippen LogP contribution in [-0.4, -0.2) is 61.6 Å². The lowest BCUT2D eigenvalue weighted by molar-refractivity contribution is -0.114. The summed E-state index contributed by atoms with van der Waals surface area (Å²) in [6, 6.07) is 5.42. The largest absolute Gasteiger partial charge is 0.377 e. The molecule has 1 aliphatic rings. The van der Waals surface area contributed by atoms with Gasteiger partial charge in [-0.3, -0.25) is 0 Å². The average molecular weight is 435 g/mol. The lowest BCUT2D eigenvalue weighted by Gasteiger charge is -2.40. The number of halogens is 3. The van der Waals surface area contributed by atoms with Crippen LogP contribution >= 0.6 is 11.3 Å². The zero-order valence-corrected chi connectivity index (χ0v) is 16.6. The van der Waals surface area contributed by atoms with E-state index in [2.05, 4.69) is 4.98 Å². The molecular formula is C17H20F3N3O3S2. The summed E-state index contributed by atoms with van der Waals surface area (Å²) in [5, 5.41) is 11.4. The lowest BCUT2D eigenvalue weighted by Crippen LogP contribution is -2.53. The van der Waals surface area contributed by atoms with E-state index in [0.717, 1.165) is 11.3 Å². The van der Waals surface area contributed by atoms with Crippen molar-refractivity contribution in [2.24, 2.45) is 0 Å². The van der Waals surface area contributed by atoms with Gasteiger partial charge >= 0.3 is 0 Å². The maximum atomic E-state index is 13.0. The highest BCUT2D eigenvalue weighted by atomic mass is 32.2. The van der Waals surface area contributed by atoms with Gasteiger partial charge in [0.1, 0.15) is 6.67 Å². The third-order valence-corrected chi connectivity index (χ3v) is 7.87. The third-order valence-electron chi connectivity index (χ3n) is 4.82. The van der Waals surface area contributed by atoms with E-state index in [4.69, 9.17) is 0 Å². The first-order valence-electron chi connectivity index (χ1n) is 8.53. The third kappa shape index (κ3) is 3.76. The quantitative estimate of drug-likeness (QED) is 0.755. The van der Waals surface area contributed by atoms with Gasteiger partial charge in [0.2, 0.25) is 4.34 Å². The Morgan fingerprint density at radius 1 is 1.32 bits per heavy atom. The van der Waals surface area contributed by atoms with Crippen molar-refractivity contribution in [3.8, 4) is 0 Å². The maximum Gasteiger partial charge on any atom is 0.273 e. The van der Waals surface area contributed by atoms with Gasteiger partial charge in [0.15, 0.2) is 5.60 Å². The number of alkyl halides is 3. The van der Waals surface area contributed by atoms with Crippen LogP contribution in [0.25, 0.3) is 0 Å². The van der Waals surface area contributed by atoms with Gasteiger partial charge < -0.3 is 10.0 Å². The molecule has 1 fully saturated rings. The van der Waals surface area contributed by atoms with E-state index in [9.17, 15) is 26.7 Å². The van der Waals surface area contributed by atoms with Crippen LogP contribution in [0, 0.1) is 0 Å². The number of thiazole rings is 1. The van der Waals surface area contributed by atoms with Crippen LogP contribution in [0.4, 0.5) is 18.9 Å². The SMILES string of the molecule is C[C@H]1CN(S(=O)(=O)c2nccs2)CCN1c1ccc(C(O)(CF)C(F)F)cc1. The topological polar surface area (TPSA) is 73.7 Å². The van der Waals surface area contributed by atoms with Gasteiger partial charge in [-0.1, -0.05) is 12.1 Å². The molecule has 1 aromatic carbocycles. The molecule has 2 heterocycles. The Labute approximate surface area is 165 Å². The minimum absolute atomic E-state index is 0.0509. The molecule has 0 amide bonds. The molecule has 1 aliphatic heterocycles. The zero-order valence-electron chi connectivity index (χ0n) is 15.0. The van der Waals surface area contributed by atoms with Crippen molar-refractivity contribution in [3.05, 3.63) is 41.4 Å². The second kappa shape index (κ2) is 7.97. The average Bonchev–Trinajstić information content (AvgIpc) is 3.23. The number of nitrogens with zero attached hydrogens (tertiary/aromatic N) is 3. The molecule has 0 aliphatic carbocycles. The van der Waals surface area contributed by atoms with Crippen LogP contribution in [0.15, 0.2) is 40.2 Å². The van der Waals surface area contributed by atoms with E-state index >= 15 is 0 Å². The van der Waals surface area contributed by atoms with E-state index in [1.54, 1.807) is 5.38 Å². The van der Waals surface area contributed by atoms with Gasteiger partial charge in [-0.05, 0) is 24.6 Å². The Morgan fingerprint density at radius 3 is 2.50 bits per heavy atom. The number of sulfonamides is 1. The molecule has 154 valence electrons. The summed E-state index contributed by atoms with van der Waals surface area (Å²) in [5.74, 6) is 0. The first kappa shape index (κ1) is 21.0. The van der Waals surface area contributed by atoms with Crippen LogP contribution in [0.1, 0.15) is 12.5 Å². The predicted octanol–water partition coefficient (Wildman–Crippen LogP) is 2.46. The van der Waals surface area contributed by atoms with Crippen LogP contribution in [0.3, 0.4) is 0 Å². The van der Waals surface area contributed by atoms with Crippen molar-refractivity contribution in [1.82, 2.24) is 9.29 Å². The molecule has 28 heavy (non-hydrogen) atoms. The lowest BCUT2D eigenvalue weighted by atomic mass is 9.95. The van der Waals surface area contributed by atoms with Crippen molar-refractivity contribution in [3.63, 3.8) is 0 Å². The van der Waals surface area contributed by atoms with Crippen molar-refractivity contribution in [2.75, 3.05) is 31.2 Å². The number of aliphatic hydroxyl groups is 1. The van der Waals surface area contributed by atoms with Crippen molar-refractivity contribution >= 4 is 27.0 Å². The fraction of sp³-hybridized carbons (Fsp3) is 0.471. The molecule has 6 nitrogen and oxygen atoms in total. The molecule has 0 saturated carbocycles. The summed E-state index contributed by atoms with van der Waals surface area (Å²) in [6.07, 6.45) is -1.81. The normalized spacial score (nSPS) is 21.1. The smallest absolute Gasteiger partial charge is 0.273 e. The first-order chi connectivity index (χ1) is 13.2. The van der Waals surface area contributed by atoms with E-state index in [0.29, 0.717) is 12.2 Å². The molecule has 11 heteroatoms. The summed E-state index contributed by atoms with van der Waals surface area (Å²) in [4.78, 5) is 5.82. The standard InChI is InChI=1S/C17H20F3N3O3S2/c1-12-10-22(28(25,26)16-21-6-9-27-16)7-8-23(12)14-4-2-13(3-5-14)17(24,11-18)15(19)20/h2-6,9,12,15,24H,7-8,10-11H2,1H3/t12-,17?/m0/s1. The molecule has 3 rings (SSSR count). The minimum Gasteiger partial charge on any atom is -0.377 e. The summed E-state index contributed by atoms with van der Waals surface area (Å²) in [7, 11) is -3.64. The molecule has 1 unspecified atom stereocenters. The van der Waals surface area contributed by atoms with Crippen LogP contribution in [0.2, 0.25) is 0 Å². The number of aromatic nitrogens is 1. The highest BCUT2D eigenvalue weighted by Gasteiger charge is 2.40. The number of benzene rings is 1. The Kier molecular flexibility index (Phi) is 5.99. The molecule has 2 atom stereocenters. The molecule has 1 aromatic heterocycles. The van der Waals surface area contributed by atoms with E-state index in [1.165, 1.54) is 34.8 Å². The van der Waals surface area contributed by atoms with Crippen molar-refractivity contribution in [1.29, 1.82) is 0 Å². The molecule has 0 bridgehead atoms. The highest BCUT2D eigenvalue weighted by molar-refractivity contribution is 7.91. The summed E-state index contributed by atoms with van der Waals surface area (Å²) in [5.41, 5.74) is -2.35. The Bertz CT molecular complexity index is 894. The fourth-order valence-electron chi connectivity index (χ4n) is 3.18. The van der Waals surface area contributed by atoms with Crippen LogP contribution in [-0.2, 0) is 15.6 Å². The van der Waals surface area contributed by atoms with Gasteiger partial charge in [0.05, 0.1) is 0 Å². The maximum absolute atomic E-state index is 13.0. The van der Waals surface area contributed by atoms with E-state index in [1.807, 2.05) is 11.8 Å². The fourth-order valence-corrected chi connectivity index (χ4v) is 5.66. The molecule has 1 saturated heterocycles. The van der Waals surface area contributed by atoms with Crippen molar-refractivity contribution < 1.29 is 26.7 Å². The Hall–Kier alpha value is -1.69. The Morgan fingerprint density at radius 2 is 2.00 bits per heavy atom. The Balaban J connectivity index is 1.75. The van der Waals surface area contributed by atoms with Gasteiger partial charge in [0, 0.05) is 42.9 Å².